The van der Waals surface area contributed by atoms with E-state index in [1.54, 1.807) is 0 Å². The maximum atomic E-state index is 10.7. The van der Waals surface area contributed by atoms with Gasteiger partial charge in [-0.1, -0.05) is 33.6 Å². The van der Waals surface area contributed by atoms with Crippen molar-refractivity contribution < 1.29 is 9.53 Å². The quantitative estimate of drug-likeness (QED) is 0.576. The Morgan fingerprint density at radius 2 is 1.83 bits per heavy atom. The first-order valence-electron chi connectivity index (χ1n) is 4.90. The molecule has 0 N–H and O–H groups in total. The van der Waals surface area contributed by atoms with Crippen LogP contribution < -0.4 is 0 Å². The number of carbonyl (C=O) groups excluding carboxylic acids is 1. The lowest BCUT2D eigenvalue weighted by Crippen LogP contribution is -2.08. The normalized spacial score (nSPS) is 10.3. The van der Waals surface area contributed by atoms with Crippen LogP contribution in [0.1, 0.15) is 46.5 Å². The van der Waals surface area contributed by atoms with Crippen LogP contribution in [0.25, 0.3) is 0 Å². The predicted octanol–water partition coefficient (Wildman–Crippen LogP) is 2.77. The highest BCUT2D eigenvalue weighted by atomic mass is 16.5. The van der Waals surface area contributed by atoms with Gasteiger partial charge in [-0.3, -0.25) is 4.79 Å². The molecule has 2 heteroatoms. The van der Waals surface area contributed by atoms with Gasteiger partial charge in [-0.15, -0.1) is 0 Å². The summed E-state index contributed by atoms with van der Waals surface area (Å²) in [5.74, 6) is 0.635. The topological polar surface area (TPSA) is 26.3 Å². The van der Waals surface area contributed by atoms with Crippen LogP contribution in [0.2, 0.25) is 0 Å². The summed E-state index contributed by atoms with van der Waals surface area (Å²) in [5.41, 5.74) is 0. The molecule has 0 amide bonds. The van der Waals surface area contributed by atoms with E-state index in [1.807, 2.05) is 6.92 Å². The molecule has 2 nitrogen and oxygen atoms in total. The molecule has 0 spiro atoms. The van der Waals surface area contributed by atoms with Gasteiger partial charge in [-0.2, -0.15) is 0 Å². The summed E-state index contributed by atoms with van der Waals surface area (Å²) < 4.78 is 4.99. The first-order valence-corrected chi connectivity index (χ1v) is 4.90. The first-order chi connectivity index (χ1) is 5.74. The molecular formula is C10H20O2. The van der Waals surface area contributed by atoms with Gasteiger partial charge in [0.15, 0.2) is 0 Å². The van der Waals surface area contributed by atoms with Crippen molar-refractivity contribution in [3.8, 4) is 0 Å². The van der Waals surface area contributed by atoms with Crippen molar-refractivity contribution in [1.82, 2.24) is 0 Å². The number of ether oxygens (including phenoxy) is 1. The summed E-state index contributed by atoms with van der Waals surface area (Å²) >= 11 is 0. The van der Waals surface area contributed by atoms with Crippen molar-refractivity contribution >= 4 is 5.97 Å². The van der Waals surface area contributed by atoms with Crippen molar-refractivity contribution in [3.05, 3.63) is 0 Å². The Balaban J connectivity index is 3.34. The molecule has 0 fully saturated rings. The number of hydrogen-bond donors (Lipinski definition) is 0. The molecule has 12 heavy (non-hydrogen) atoms. The average Bonchev–Trinajstić information content (AvgIpc) is 2.12. The summed E-state index contributed by atoms with van der Waals surface area (Å²) in [6.45, 7) is 6.77. The zero-order chi connectivity index (χ0) is 9.40. The van der Waals surface area contributed by atoms with Gasteiger partial charge >= 0.3 is 5.97 Å². The van der Waals surface area contributed by atoms with E-state index in [2.05, 4.69) is 13.8 Å². The monoisotopic (exact) mass is 172 g/mol. The van der Waals surface area contributed by atoms with E-state index in [9.17, 15) is 4.79 Å². The van der Waals surface area contributed by atoms with Crippen molar-refractivity contribution in [1.29, 1.82) is 0 Å². The van der Waals surface area contributed by atoms with Crippen LogP contribution in [0.4, 0.5) is 0 Å². The lowest BCUT2D eigenvalue weighted by Gasteiger charge is -2.11. The Bertz CT molecular complexity index is 117. The van der Waals surface area contributed by atoms with Crippen LogP contribution in [-0.2, 0) is 9.53 Å². The SMILES string of the molecule is CCC(=O)OCCC(CC)CC. The zero-order valence-corrected chi connectivity index (χ0v) is 8.43. The van der Waals surface area contributed by atoms with Crippen LogP contribution in [0.3, 0.4) is 0 Å². The predicted molar refractivity (Wildman–Crippen MR) is 49.9 cm³/mol. The fraction of sp³-hybridized carbons (Fsp3) is 0.900. The molecule has 0 unspecified atom stereocenters. The Labute approximate surface area is 75.3 Å². The van der Waals surface area contributed by atoms with Gasteiger partial charge in [0.2, 0.25) is 0 Å². The minimum absolute atomic E-state index is 0.0824. The molecule has 0 aromatic heterocycles. The molecule has 0 aromatic rings. The Morgan fingerprint density at radius 3 is 2.25 bits per heavy atom. The highest BCUT2D eigenvalue weighted by Gasteiger charge is 2.04. The first kappa shape index (κ1) is 11.5. The number of hydrogen-bond acceptors (Lipinski definition) is 2. The second-order valence-electron chi connectivity index (χ2n) is 3.05. The maximum Gasteiger partial charge on any atom is 0.305 e. The number of esters is 1. The fourth-order valence-electron chi connectivity index (χ4n) is 1.14. The highest BCUT2D eigenvalue weighted by molar-refractivity contribution is 5.68. The highest BCUT2D eigenvalue weighted by Crippen LogP contribution is 2.11. The third kappa shape index (κ3) is 5.16. The van der Waals surface area contributed by atoms with Gasteiger partial charge in [0.1, 0.15) is 0 Å². The van der Waals surface area contributed by atoms with Crippen LogP contribution in [0.15, 0.2) is 0 Å². The van der Waals surface area contributed by atoms with Gasteiger partial charge in [0, 0.05) is 6.42 Å². The van der Waals surface area contributed by atoms with E-state index in [0.29, 0.717) is 13.0 Å². The molecule has 0 aliphatic heterocycles. The van der Waals surface area contributed by atoms with E-state index >= 15 is 0 Å². The smallest absolute Gasteiger partial charge is 0.305 e. The molecular weight excluding hydrogens is 152 g/mol. The average molecular weight is 172 g/mol. The summed E-state index contributed by atoms with van der Waals surface area (Å²) in [6, 6.07) is 0. The van der Waals surface area contributed by atoms with Gasteiger partial charge < -0.3 is 4.74 Å². The third-order valence-corrected chi connectivity index (χ3v) is 2.23. The molecule has 72 valence electrons. The van der Waals surface area contributed by atoms with Crippen molar-refractivity contribution in [2.24, 2.45) is 5.92 Å². The Hall–Kier alpha value is -0.530. The summed E-state index contributed by atoms with van der Waals surface area (Å²) in [7, 11) is 0. The fourth-order valence-corrected chi connectivity index (χ4v) is 1.14. The Kier molecular flexibility index (Phi) is 6.82. The van der Waals surface area contributed by atoms with Crippen molar-refractivity contribution in [2.45, 2.75) is 46.5 Å². The zero-order valence-electron chi connectivity index (χ0n) is 8.43. The van der Waals surface area contributed by atoms with Crippen molar-refractivity contribution in [3.63, 3.8) is 0 Å². The minimum Gasteiger partial charge on any atom is -0.466 e. The molecule has 0 aliphatic carbocycles. The van der Waals surface area contributed by atoms with Crippen LogP contribution in [-0.4, -0.2) is 12.6 Å². The van der Waals surface area contributed by atoms with Gasteiger partial charge in [-0.25, -0.2) is 0 Å². The summed E-state index contributed by atoms with van der Waals surface area (Å²) in [5, 5.41) is 0. The molecule has 0 heterocycles. The summed E-state index contributed by atoms with van der Waals surface area (Å²) in [4.78, 5) is 10.7. The van der Waals surface area contributed by atoms with Crippen LogP contribution >= 0.6 is 0 Å². The lowest BCUT2D eigenvalue weighted by molar-refractivity contribution is -0.143. The Morgan fingerprint density at radius 1 is 1.25 bits per heavy atom. The number of carbonyl (C=O) groups is 1. The molecule has 0 atom stereocenters. The molecule has 0 bridgehead atoms. The second kappa shape index (κ2) is 7.14. The molecule has 0 saturated heterocycles. The van der Waals surface area contributed by atoms with E-state index < -0.39 is 0 Å². The van der Waals surface area contributed by atoms with Crippen LogP contribution in [0, 0.1) is 5.92 Å². The van der Waals surface area contributed by atoms with E-state index in [-0.39, 0.29) is 5.97 Å². The third-order valence-electron chi connectivity index (χ3n) is 2.23. The lowest BCUT2D eigenvalue weighted by atomic mass is 10.0. The molecule has 0 saturated carbocycles. The van der Waals surface area contributed by atoms with Crippen molar-refractivity contribution in [2.75, 3.05) is 6.61 Å². The number of rotatable bonds is 6. The maximum absolute atomic E-state index is 10.7. The van der Waals surface area contributed by atoms with Gasteiger partial charge in [0.25, 0.3) is 0 Å². The molecule has 0 aliphatic rings. The summed E-state index contributed by atoms with van der Waals surface area (Å²) in [6.07, 6.45) is 3.86. The molecule has 0 rings (SSSR count). The molecule has 0 radical (unpaired) electrons. The standard InChI is InChI=1S/C10H20O2/c1-4-9(5-2)7-8-12-10(11)6-3/h9H,4-8H2,1-3H3. The van der Waals surface area contributed by atoms with Crippen LogP contribution in [0.5, 0.6) is 0 Å². The van der Waals surface area contributed by atoms with Gasteiger partial charge in [-0.05, 0) is 12.3 Å². The second-order valence-corrected chi connectivity index (χ2v) is 3.05. The largest absolute Gasteiger partial charge is 0.466 e. The minimum atomic E-state index is -0.0824. The van der Waals surface area contributed by atoms with Gasteiger partial charge in [0.05, 0.1) is 6.61 Å². The van der Waals surface area contributed by atoms with E-state index in [4.69, 9.17) is 4.74 Å². The molecule has 0 aromatic carbocycles. The van der Waals surface area contributed by atoms with E-state index in [0.717, 1.165) is 12.3 Å². The van der Waals surface area contributed by atoms with E-state index in [1.165, 1.54) is 12.8 Å².